The molecule has 0 saturated heterocycles. The van der Waals surface area contributed by atoms with Gasteiger partial charge in [-0.1, -0.05) is 22.0 Å². The monoisotopic (exact) mass is 492 g/mol. The summed E-state index contributed by atoms with van der Waals surface area (Å²) in [5, 5.41) is 3.86. The van der Waals surface area contributed by atoms with Gasteiger partial charge in [-0.15, -0.1) is 11.3 Å². The number of rotatable bonds is 6. The number of hydrogen-bond donors (Lipinski definition) is 1. The number of carbonyl (C=O) groups excluding carboxylic acids is 1. The van der Waals surface area contributed by atoms with E-state index >= 15 is 0 Å². The molecular weight excluding hydrogens is 472 g/mol. The number of carbonyl (C=O) groups is 1. The van der Waals surface area contributed by atoms with E-state index in [0.29, 0.717) is 6.61 Å². The molecule has 4 rings (SSSR count). The first-order valence-electron chi connectivity index (χ1n) is 9.91. The third-order valence-corrected chi connectivity index (χ3v) is 6.19. The molecule has 0 aliphatic rings. The van der Waals surface area contributed by atoms with Crippen LogP contribution in [0.4, 0.5) is 5.69 Å². The van der Waals surface area contributed by atoms with Crippen molar-refractivity contribution in [2.24, 2.45) is 0 Å². The lowest BCUT2D eigenvalue weighted by Crippen LogP contribution is -2.07. The Morgan fingerprint density at radius 1 is 1.13 bits per heavy atom. The van der Waals surface area contributed by atoms with Gasteiger partial charge in [-0.2, -0.15) is 0 Å². The van der Waals surface area contributed by atoms with E-state index in [2.05, 4.69) is 40.3 Å². The number of halogens is 1. The van der Waals surface area contributed by atoms with E-state index in [1.165, 1.54) is 16.3 Å². The van der Waals surface area contributed by atoms with Gasteiger partial charge in [0.25, 0.3) is 0 Å². The van der Waals surface area contributed by atoms with Crippen LogP contribution in [0.25, 0.3) is 26.9 Å². The SMILES string of the molecule is CCOc1ccc(Br)cc1C=CC(=O)Nc1ccc(-c2nc3ccc(C)cc3s2)cc1. The standard InChI is InChI=1S/C25H21BrN2O2S/c1-3-30-22-12-8-19(26)15-18(22)7-13-24(29)27-20-9-5-17(6-10-20)25-28-21-11-4-16(2)14-23(21)31-25/h4-15H,3H2,1-2H3,(H,27,29). The number of amides is 1. The van der Waals surface area contributed by atoms with E-state index in [9.17, 15) is 4.79 Å². The molecule has 0 saturated carbocycles. The van der Waals surface area contributed by atoms with E-state index in [0.717, 1.165) is 37.6 Å². The Hall–Kier alpha value is -2.96. The van der Waals surface area contributed by atoms with Crippen LogP contribution in [0, 0.1) is 6.92 Å². The third kappa shape index (κ3) is 5.21. The summed E-state index contributed by atoms with van der Waals surface area (Å²) in [7, 11) is 0. The summed E-state index contributed by atoms with van der Waals surface area (Å²) in [4.78, 5) is 17.1. The molecular formula is C25H21BrN2O2S. The molecule has 6 heteroatoms. The predicted molar refractivity (Wildman–Crippen MR) is 133 cm³/mol. The number of aryl methyl sites for hydroxylation is 1. The van der Waals surface area contributed by atoms with Crippen molar-refractivity contribution in [1.29, 1.82) is 0 Å². The van der Waals surface area contributed by atoms with Crippen LogP contribution < -0.4 is 10.1 Å². The first-order chi connectivity index (χ1) is 15.0. The van der Waals surface area contributed by atoms with Crippen molar-refractivity contribution in [1.82, 2.24) is 4.98 Å². The molecule has 0 spiro atoms. The van der Waals surface area contributed by atoms with Gasteiger partial charge in [0.05, 0.1) is 16.8 Å². The summed E-state index contributed by atoms with van der Waals surface area (Å²) in [6, 6.07) is 19.7. The Kier molecular flexibility index (Phi) is 6.49. The maximum atomic E-state index is 12.4. The fourth-order valence-corrected chi connectivity index (χ4v) is 4.59. The Balaban J connectivity index is 1.45. The highest BCUT2D eigenvalue weighted by molar-refractivity contribution is 9.10. The second-order valence-electron chi connectivity index (χ2n) is 7.01. The second kappa shape index (κ2) is 9.45. The molecule has 0 atom stereocenters. The van der Waals surface area contributed by atoms with Crippen molar-refractivity contribution in [2.75, 3.05) is 11.9 Å². The molecule has 0 aliphatic heterocycles. The maximum absolute atomic E-state index is 12.4. The van der Waals surface area contributed by atoms with Gasteiger partial charge in [-0.05, 0) is 80.1 Å². The average Bonchev–Trinajstić information content (AvgIpc) is 3.17. The molecule has 1 aromatic heterocycles. The molecule has 4 nitrogen and oxygen atoms in total. The number of ether oxygens (including phenoxy) is 1. The van der Waals surface area contributed by atoms with E-state index in [1.807, 2.05) is 55.5 Å². The number of fused-ring (bicyclic) bond motifs is 1. The van der Waals surface area contributed by atoms with Crippen LogP contribution >= 0.6 is 27.3 Å². The zero-order valence-corrected chi connectivity index (χ0v) is 19.6. The molecule has 0 unspecified atom stereocenters. The molecule has 31 heavy (non-hydrogen) atoms. The highest BCUT2D eigenvalue weighted by Gasteiger charge is 2.07. The second-order valence-corrected chi connectivity index (χ2v) is 8.95. The predicted octanol–water partition coefficient (Wildman–Crippen LogP) is 7.08. The number of anilines is 1. The molecule has 4 aromatic rings. The highest BCUT2D eigenvalue weighted by Crippen LogP contribution is 2.31. The van der Waals surface area contributed by atoms with Crippen molar-refractivity contribution >= 4 is 55.2 Å². The third-order valence-electron chi connectivity index (χ3n) is 4.63. The van der Waals surface area contributed by atoms with E-state index in [1.54, 1.807) is 17.4 Å². The Morgan fingerprint density at radius 2 is 1.94 bits per heavy atom. The number of aromatic nitrogens is 1. The molecule has 3 aromatic carbocycles. The van der Waals surface area contributed by atoms with Crippen LogP contribution in [0.1, 0.15) is 18.1 Å². The quantitative estimate of drug-likeness (QED) is 0.292. The minimum atomic E-state index is -0.203. The highest BCUT2D eigenvalue weighted by atomic mass is 79.9. The largest absolute Gasteiger partial charge is 0.493 e. The van der Waals surface area contributed by atoms with Crippen molar-refractivity contribution in [3.05, 3.63) is 82.3 Å². The summed E-state index contributed by atoms with van der Waals surface area (Å²) in [5.41, 5.74) is 4.84. The molecule has 0 radical (unpaired) electrons. The number of nitrogens with one attached hydrogen (secondary N) is 1. The van der Waals surface area contributed by atoms with Crippen molar-refractivity contribution in [2.45, 2.75) is 13.8 Å². The van der Waals surface area contributed by atoms with Gasteiger partial charge in [0, 0.05) is 27.4 Å². The zero-order chi connectivity index (χ0) is 21.8. The number of thiazole rings is 1. The maximum Gasteiger partial charge on any atom is 0.248 e. The van der Waals surface area contributed by atoms with Gasteiger partial charge >= 0.3 is 0 Å². The average molecular weight is 493 g/mol. The summed E-state index contributed by atoms with van der Waals surface area (Å²) in [6.45, 7) is 4.58. The van der Waals surface area contributed by atoms with Crippen LogP contribution in [0.2, 0.25) is 0 Å². The molecule has 0 fully saturated rings. The van der Waals surface area contributed by atoms with Gasteiger partial charge in [0.1, 0.15) is 10.8 Å². The van der Waals surface area contributed by atoms with E-state index in [4.69, 9.17) is 9.72 Å². The Labute approximate surface area is 193 Å². The molecule has 0 bridgehead atoms. The van der Waals surface area contributed by atoms with Gasteiger partial charge in [-0.25, -0.2) is 4.98 Å². The molecule has 1 N–H and O–H groups in total. The summed E-state index contributed by atoms with van der Waals surface area (Å²) >= 11 is 5.13. The fourth-order valence-electron chi connectivity index (χ4n) is 3.14. The van der Waals surface area contributed by atoms with Crippen molar-refractivity contribution in [3.8, 4) is 16.3 Å². The summed E-state index contributed by atoms with van der Waals surface area (Å²) in [5.74, 6) is 0.538. The molecule has 156 valence electrons. The summed E-state index contributed by atoms with van der Waals surface area (Å²) in [6.07, 6.45) is 3.26. The van der Waals surface area contributed by atoms with Gasteiger partial charge in [-0.3, -0.25) is 4.79 Å². The fraction of sp³-hybridized carbons (Fsp3) is 0.120. The zero-order valence-electron chi connectivity index (χ0n) is 17.2. The Morgan fingerprint density at radius 3 is 2.71 bits per heavy atom. The first-order valence-corrected chi connectivity index (χ1v) is 11.5. The lowest BCUT2D eigenvalue weighted by Gasteiger charge is -2.07. The lowest BCUT2D eigenvalue weighted by molar-refractivity contribution is -0.111. The van der Waals surface area contributed by atoms with Crippen LogP contribution in [0.5, 0.6) is 5.75 Å². The van der Waals surface area contributed by atoms with Crippen LogP contribution in [-0.4, -0.2) is 17.5 Å². The van der Waals surface area contributed by atoms with E-state index < -0.39 is 0 Å². The van der Waals surface area contributed by atoms with Crippen LogP contribution in [-0.2, 0) is 4.79 Å². The van der Waals surface area contributed by atoms with Crippen molar-refractivity contribution in [3.63, 3.8) is 0 Å². The summed E-state index contributed by atoms with van der Waals surface area (Å²) < 4.78 is 7.72. The minimum Gasteiger partial charge on any atom is -0.493 e. The van der Waals surface area contributed by atoms with Crippen LogP contribution in [0.3, 0.4) is 0 Å². The molecule has 1 amide bonds. The van der Waals surface area contributed by atoms with E-state index in [-0.39, 0.29) is 5.91 Å². The minimum absolute atomic E-state index is 0.203. The normalized spacial score (nSPS) is 11.2. The number of hydrogen-bond acceptors (Lipinski definition) is 4. The molecule has 1 heterocycles. The van der Waals surface area contributed by atoms with Gasteiger partial charge < -0.3 is 10.1 Å². The van der Waals surface area contributed by atoms with Gasteiger partial charge in [0.15, 0.2) is 0 Å². The Bertz CT molecular complexity index is 1260. The lowest BCUT2D eigenvalue weighted by atomic mass is 10.2. The first kappa shape index (κ1) is 21.3. The topological polar surface area (TPSA) is 51.2 Å². The smallest absolute Gasteiger partial charge is 0.248 e. The van der Waals surface area contributed by atoms with Crippen molar-refractivity contribution < 1.29 is 9.53 Å². The van der Waals surface area contributed by atoms with Crippen LogP contribution in [0.15, 0.2) is 71.2 Å². The molecule has 0 aliphatic carbocycles. The van der Waals surface area contributed by atoms with Gasteiger partial charge in [0.2, 0.25) is 5.91 Å². The number of benzene rings is 3. The number of nitrogens with zero attached hydrogens (tertiary/aromatic N) is 1.